The minimum atomic E-state index is -0.186. The monoisotopic (exact) mass is 184 g/mol. The van der Waals surface area contributed by atoms with Crippen LogP contribution < -0.4 is 10.6 Å². The second kappa shape index (κ2) is 4.07. The average molecular weight is 184 g/mol. The summed E-state index contributed by atoms with van der Waals surface area (Å²) in [5.74, 6) is 0.0752. The fourth-order valence-corrected chi connectivity index (χ4v) is 1.63. The van der Waals surface area contributed by atoms with Crippen molar-refractivity contribution in [2.75, 3.05) is 19.7 Å². The first-order chi connectivity index (χ1) is 6.36. The highest BCUT2D eigenvalue weighted by Gasteiger charge is 2.26. The smallest absolute Gasteiger partial charge is 0.249 e. The van der Waals surface area contributed by atoms with E-state index in [4.69, 9.17) is 4.74 Å². The molecule has 2 heterocycles. The Hall–Kier alpha value is -0.610. The summed E-state index contributed by atoms with van der Waals surface area (Å²) in [5, 5.41) is 6.07. The van der Waals surface area contributed by atoms with E-state index < -0.39 is 0 Å². The van der Waals surface area contributed by atoms with Gasteiger partial charge in [-0.3, -0.25) is 4.79 Å². The third-order valence-electron chi connectivity index (χ3n) is 2.60. The SMILES string of the molecule is O=C(NC1CNC1)C1CCCCO1. The summed E-state index contributed by atoms with van der Waals surface area (Å²) in [5.41, 5.74) is 0. The maximum atomic E-state index is 11.5. The summed E-state index contributed by atoms with van der Waals surface area (Å²) in [6.07, 6.45) is 2.90. The van der Waals surface area contributed by atoms with E-state index in [1.807, 2.05) is 0 Å². The molecule has 1 amide bonds. The number of rotatable bonds is 2. The summed E-state index contributed by atoms with van der Waals surface area (Å²) >= 11 is 0. The van der Waals surface area contributed by atoms with Crippen molar-refractivity contribution < 1.29 is 9.53 Å². The van der Waals surface area contributed by atoms with Crippen molar-refractivity contribution in [3.63, 3.8) is 0 Å². The quantitative estimate of drug-likeness (QED) is 0.616. The first-order valence-electron chi connectivity index (χ1n) is 4.99. The fourth-order valence-electron chi connectivity index (χ4n) is 1.63. The molecule has 74 valence electrons. The van der Waals surface area contributed by atoms with Gasteiger partial charge in [0.05, 0.1) is 6.04 Å². The molecular weight excluding hydrogens is 168 g/mol. The summed E-state index contributed by atoms with van der Waals surface area (Å²) in [6.45, 7) is 2.54. The summed E-state index contributed by atoms with van der Waals surface area (Å²) in [6, 6.07) is 0.332. The number of ether oxygens (including phenoxy) is 1. The largest absolute Gasteiger partial charge is 0.368 e. The van der Waals surface area contributed by atoms with Gasteiger partial charge in [-0.25, -0.2) is 0 Å². The van der Waals surface area contributed by atoms with Crippen LogP contribution in [0.1, 0.15) is 19.3 Å². The predicted octanol–water partition coefficient (Wildman–Crippen LogP) is -0.357. The van der Waals surface area contributed by atoms with E-state index in [9.17, 15) is 4.79 Å². The Kier molecular flexibility index (Phi) is 2.80. The van der Waals surface area contributed by atoms with Crippen molar-refractivity contribution in [3.05, 3.63) is 0 Å². The normalized spacial score (nSPS) is 29.4. The molecule has 0 spiro atoms. The van der Waals surface area contributed by atoms with Gasteiger partial charge in [-0.2, -0.15) is 0 Å². The van der Waals surface area contributed by atoms with Crippen LogP contribution in [0, 0.1) is 0 Å². The van der Waals surface area contributed by atoms with Crippen molar-refractivity contribution in [1.29, 1.82) is 0 Å². The topological polar surface area (TPSA) is 50.4 Å². The molecule has 0 aromatic rings. The molecule has 0 bridgehead atoms. The Bertz CT molecular complexity index is 186. The highest BCUT2D eigenvalue weighted by atomic mass is 16.5. The number of carbonyl (C=O) groups is 1. The Balaban J connectivity index is 1.74. The molecule has 0 radical (unpaired) electrons. The zero-order valence-electron chi connectivity index (χ0n) is 7.71. The molecule has 0 aliphatic carbocycles. The van der Waals surface area contributed by atoms with E-state index in [-0.39, 0.29) is 12.0 Å². The lowest BCUT2D eigenvalue weighted by Crippen LogP contribution is -2.58. The minimum absolute atomic E-state index is 0.0752. The lowest BCUT2D eigenvalue weighted by molar-refractivity contribution is -0.136. The Morgan fingerprint density at radius 1 is 1.38 bits per heavy atom. The van der Waals surface area contributed by atoms with E-state index in [2.05, 4.69) is 10.6 Å². The molecule has 1 unspecified atom stereocenters. The van der Waals surface area contributed by atoms with Crippen LogP contribution in [0.3, 0.4) is 0 Å². The molecule has 2 fully saturated rings. The maximum absolute atomic E-state index is 11.5. The molecule has 0 aromatic carbocycles. The molecular formula is C9H16N2O2. The van der Waals surface area contributed by atoms with Crippen LogP contribution in [0.2, 0.25) is 0 Å². The molecule has 2 N–H and O–H groups in total. The van der Waals surface area contributed by atoms with E-state index >= 15 is 0 Å². The standard InChI is InChI=1S/C9H16N2O2/c12-9(11-7-5-10-6-7)8-3-1-2-4-13-8/h7-8,10H,1-6H2,(H,11,12). The zero-order chi connectivity index (χ0) is 9.10. The first-order valence-corrected chi connectivity index (χ1v) is 4.99. The highest BCUT2D eigenvalue weighted by molar-refractivity contribution is 5.81. The number of carbonyl (C=O) groups excluding carboxylic acids is 1. The Labute approximate surface area is 78.0 Å². The van der Waals surface area contributed by atoms with E-state index in [0.717, 1.165) is 39.0 Å². The van der Waals surface area contributed by atoms with Gasteiger partial charge < -0.3 is 15.4 Å². The average Bonchev–Trinajstić information content (AvgIpc) is 2.12. The summed E-state index contributed by atoms with van der Waals surface area (Å²) in [7, 11) is 0. The van der Waals surface area contributed by atoms with Gasteiger partial charge >= 0.3 is 0 Å². The third kappa shape index (κ3) is 2.19. The first kappa shape index (κ1) is 8.97. The van der Waals surface area contributed by atoms with Crippen molar-refractivity contribution >= 4 is 5.91 Å². The number of hydrogen-bond acceptors (Lipinski definition) is 3. The van der Waals surface area contributed by atoms with Gasteiger partial charge in [-0.05, 0) is 19.3 Å². The summed E-state index contributed by atoms with van der Waals surface area (Å²) < 4.78 is 5.38. The van der Waals surface area contributed by atoms with E-state index in [1.165, 1.54) is 0 Å². The molecule has 2 saturated heterocycles. The molecule has 4 nitrogen and oxygen atoms in total. The van der Waals surface area contributed by atoms with Crippen LogP contribution in [-0.4, -0.2) is 37.7 Å². The van der Waals surface area contributed by atoms with E-state index in [0.29, 0.717) is 6.04 Å². The van der Waals surface area contributed by atoms with Gasteiger partial charge in [-0.1, -0.05) is 0 Å². The van der Waals surface area contributed by atoms with Gasteiger partial charge in [0.2, 0.25) is 5.91 Å². The fraction of sp³-hybridized carbons (Fsp3) is 0.889. The highest BCUT2D eigenvalue weighted by Crippen LogP contribution is 2.12. The van der Waals surface area contributed by atoms with Crippen LogP contribution in [0.4, 0.5) is 0 Å². The van der Waals surface area contributed by atoms with Crippen LogP contribution >= 0.6 is 0 Å². The van der Waals surface area contributed by atoms with Gasteiger partial charge in [0, 0.05) is 19.7 Å². The second-order valence-corrected chi connectivity index (χ2v) is 3.72. The van der Waals surface area contributed by atoms with E-state index in [1.54, 1.807) is 0 Å². The van der Waals surface area contributed by atoms with Crippen molar-refractivity contribution in [2.45, 2.75) is 31.4 Å². The lowest BCUT2D eigenvalue weighted by atomic mass is 10.1. The van der Waals surface area contributed by atoms with Crippen molar-refractivity contribution in [2.24, 2.45) is 0 Å². The second-order valence-electron chi connectivity index (χ2n) is 3.72. The maximum Gasteiger partial charge on any atom is 0.249 e. The zero-order valence-corrected chi connectivity index (χ0v) is 7.71. The lowest BCUT2D eigenvalue weighted by Gasteiger charge is -2.30. The molecule has 4 heteroatoms. The molecule has 0 saturated carbocycles. The Morgan fingerprint density at radius 2 is 2.23 bits per heavy atom. The van der Waals surface area contributed by atoms with Crippen LogP contribution in [0.15, 0.2) is 0 Å². The van der Waals surface area contributed by atoms with Gasteiger partial charge in [0.1, 0.15) is 6.10 Å². The molecule has 13 heavy (non-hydrogen) atoms. The molecule has 1 atom stereocenters. The molecule has 2 rings (SSSR count). The van der Waals surface area contributed by atoms with Gasteiger partial charge in [-0.15, -0.1) is 0 Å². The number of hydrogen-bond donors (Lipinski definition) is 2. The number of nitrogens with one attached hydrogen (secondary N) is 2. The molecule has 0 aromatic heterocycles. The summed E-state index contributed by atoms with van der Waals surface area (Å²) in [4.78, 5) is 11.5. The minimum Gasteiger partial charge on any atom is -0.368 e. The molecule has 2 aliphatic rings. The van der Waals surface area contributed by atoms with Crippen LogP contribution in [-0.2, 0) is 9.53 Å². The molecule has 2 aliphatic heterocycles. The third-order valence-corrected chi connectivity index (χ3v) is 2.60. The van der Waals surface area contributed by atoms with Crippen molar-refractivity contribution in [1.82, 2.24) is 10.6 Å². The predicted molar refractivity (Wildman–Crippen MR) is 48.4 cm³/mol. The van der Waals surface area contributed by atoms with Gasteiger partial charge in [0.25, 0.3) is 0 Å². The van der Waals surface area contributed by atoms with Crippen LogP contribution in [0.5, 0.6) is 0 Å². The number of amides is 1. The van der Waals surface area contributed by atoms with Gasteiger partial charge in [0.15, 0.2) is 0 Å². The van der Waals surface area contributed by atoms with Crippen LogP contribution in [0.25, 0.3) is 0 Å². The Morgan fingerprint density at radius 3 is 2.77 bits per heavy atom. The van der Waals surface area contributed by atoms with Crippen molar-refractivity contribution in [3.8, 4) is 0 Å².